The van der Waals surface area contributed by atoms with Gasteiger partial charge in [0.15, 0.2) is 24.2 Å². The first-order valence-corrected chi connectivity index (χ1v) is 11.2. The molecule has 2 aromatic carbocycles. The van der Waals surface area contributed by atoms with Crippen molar-refractivity contribution in [1.29, 1.82) is 0 Å². The van der Waals surface area contributed by atoms with E-state index in [1.165, 1.54) is 5.56 Å². The Morgan fingerprint density at radius 3 is 2.36 bits per heavy atom. The van der Waals surface area contributed by atoms with Gasteiger partial charge in [-0.25, -0.2) is 0 Å². The van der Waals surface area contributed by atoms with Crippen LogP contribution in [0.1, 0.15) is 31.2 Å². The van der Waals surface area contributed by atoms with Crippen molar-refractivity contribution in [3.8, 4) is 28.5 Å². The number of rotatable bonds is 5. The molecule has 174 valence electrons. The summed E-state index contributed by atoms with van der Waals surface area (Å²) in [5, 5.41) is 5.24. The lowest BCUT2D eigenvalue weighted by Gasteiger charge is -2.20. The molecule has 3 aromatic rings. The lowest BCUT2D eigenvalue weighted by atomic mass is 9.95. The highest BCUT2D eigenvalue weighted by molar-refractivity contribution is 6.05. The molecule has 2 heterocycles. The molecule has 6 nitrogen and oxygen atoms in total. The monoisotopic (exact) mass is 468 g/mol. The van der Waals surface area contributed by atoms with E-state index in [0.717, 1.165) is 77.9 Å². The van der Waals surface area contributed by atoms with Crippen LogP contribution in [0.25, 0.3) is 22.0 Å². The number of carbonyl (C=O) groups is 1. The molecule has 0 spiro atoms. The number of ether oxygens (including phenoxy) is 3. The molecule has 1 amide bonds. The average molecular weight is 469 g/mol. The third-order valence-electron chi connectivity index (χ3n) is 6.83. The summed E-state index contributed by atoms with van der Waals surface area (Å²) in [5.41, 5.74) is 4.27. The smallest absolute Gasteiger partial charge is 0.227 e. The summed E-state index contributed by atoms with van der Waals surface area (Å²) in [4.78, 5) is 12.9. The first kappa shape index (κ1) is 23.2. The van der Waals surface area contributed by atoms with E-state index in [9.17, 15) is 4.79 Å². The van der Waals surface area contributed by atoms with Gasteiger partial charge in [0.05, 0.1) is 38.0 Å². The van der Waals surface area contributed by atoms with Gasteiger partial charge in [-0.15, -0.1) is 0 Å². The Labute approximate surface area is 200 Å². The highest BCUT2D eigenvalue weighted by atomic mass is 35.5. The highest BCUT2D eigenvalue weighted by Crippen LogP contribution is 2.39. The molecule has 1 saturated carbocycles. The van der Waals surface area contributed by atoms with Crippen molar-refractivity contribution >= 4 is 22.4 Å². The van der Waals surface area contributed by atoms with E-state index in [2.05, 4.69) is 40.3 Å². The Balaban J connectivity index is 0.00000259. The minimum Gasteiger partial charge on any atom is -1.00 e. The molecular formula is C26H29ClN2O4. The number of hydrogen-bond acceptors (Lipinski definition) is 4. The number of aromatic nitrogens is 1. The third-order valence-corrected chi connectivity index (χ3v) is 6.83. The molecule has 1 aromatic heterocycles. The van der Waals surface area contributed by atoms with Crippen LogP contribution in [0.3, 0.4) is 0 Å². The Morgan fingerprint density at radius 2 is 1.67 bits per heavy atom. The molecule has 0 radical (unpaired) electrons. The van der Waals surface area contributed by atoms with E-state index in [-0.39, 0.29) is 24.2 Å². The van der Waals surface area contributed by atoms with Gasteiger partial charge in [-0.05, 0) is 42.0 Å². The topological polar surface area (TPSA) is 60.7 Å². The molecule has 0 atom stereocenters. The molecule has 5 rings (SSSR count). The lowest BCUT2D eigenvalue weighted by Crippen LogP contribution is -3.00. The van der Waals surface area contributed by atoms with Crippen LogP contribution in [0, 0.1) is 5.92 Å². The summed E-state index contributed by atoms with van der Waals surface area (Å²) in [5.74, 6) is 2.35. The number of benzene rings is 2. The normalized spacial score (nSPS) is 14.8. The minimum atomic E-state index is 0. The Morgan fingerprint density at radius 1 is 0.970 bits per heavy atom. The van der Waals surface area contributed by atoms with Crippen molar-refractivity contribution in [2.24, 2.45) is 5.92 Å². The quantitative estimate of drug-likeness (QED) is 0.577. The van der Waals surface area contributed by atoms with Crippen molar-refractivity contribution in [2.75, 3.05) is 26.6 Å². The average Bonchev–Trinajstić information content (AvgIpc) is 3.37. The van der Waals surface area contributed by atoms with Gasteiger partial charge < -0.3 is 31.9 Å². The van der Waals surface area contributed by atoms with Crippen molar-refractivity contribution < 1.29 is 36.0 Å². The molecule has 1 N–H and O–H groups in total. The van der Waals surface area contributed by atoms with E-state index in [0.29, 0.717) is 5.75 Å². The number of nitrogens with zero attached hydrogens (tertiary/aromatic N) is 1. The number of fused-ring (bicyclic) bond motifs is 4. The second kappa shape index (κ2) is 9.48. The van der Waals surface area contributed by atoms with Crippen LogP contribution in [0.2, 0.25) is 0 Å². The summed E-state index contributed by atoms with van der Waals surface area (Å²) in [7, 11) is 4.97. The number of pyridine rings is 1. The van der Waals surface area contributed by atoms with E-state index < -0.39 is 0 Å². The van der Waals surface area contributed by atoms with E-state index in [1.807, 2.05) is 6.07 Å². The summed E-state index contributed by atoms with van der Waals surface area (Å²) >= 11 is 0. The first-order valence-electron chi connectivity index (χ1n) is 11.2. The predicted molar refractivity (Wildman–Crippen MR) is 124 cm³/mol. The molecular weight excluding hydrogens is 440 g/mol. The van der Waals surface area contributed by atoms with Crippen LogP contribution in [0.15, 0.2) is 36.5 Å². The number of nitrogens with one attached hydrogen (secondary N) is 1. The second-order valence-electron chi connectivity index (χ2n) is 8.58. The summed E-state index contributed by atoms with van der Waals surface area (Å²) in [6.45, 7) is 0.848. The summed E-state index contributed by atoms with van der Waals surface area (Å²) < 4.78 is 18.9. The first-order chi connectivity index (χ1) is 15.6. The molecule has 1 fully saturated rings. The zero-order valence-corrected chi connectivity index (χ0v) is 20.0. The molecule has 7 heteroatoms. The van der Waals surface area contributed by atoms with Gasteiger partial charge in [0.1, 0.15) is 5.75 Å². The maximum atomic E-state index is 12.9. The fourth-order valence-corrected chi connectivity index (χ4v) is 5.07. The van der Waals surface area contributed by atoms with Crippen molar-refractivity contribution in [3.63, 3.8) is 0 Å². The van der Waals surface area contributed by atoms with Gasteiger partial charge in [0, 0.05) is 18.4 Å². The minimum absolute atomic E-state index is 0. The molecule has 0 bridgehead atoms. The zero-order valence-electron chi connectivity index (χ0n) is 19.2. The van der Waals surface area contributed by atoms with Crippen LogP contribution < -0.4 is 36.5 Å². The fourth-order valence-electron chi connectivity index (χ4n) is 5.07. The van der Waals surface area contributed by atoms with E-state index in [4.69, 9.17) is 14.2 Å². The summed E-state index contributed by atoms with van der Waals surface area (Å²) in [6, 6.07) is 10.3. The van der Waals surface area contributed by atoms with Gasteiger partial charge in [-0.1, -0.05) is 18.9 Å². The molecule has 0 saturated heterocycles. The van der Waals surface area contributed by atoms with Gasteiger partial charge >= 0.3 is 0 Å². The zero-order chi connectivity index (χ0) is 22.2. The molecule has 1 aliphatic heterocycles. The van der Waals surface area contributed by atoms with Crippen molar-refractivity contribution in [3.05, 3.63) is 42.1 Å². The predicted octanol–water partition coefficient (Wildman–Crippen LogP) is 1.51. The third kappa shape index (κ3) is 4.08. The van der Waals surface area contributed by atoms with E-state index >= 15 is 0 Å². The number of anilines is 1. The van der Waals surface area contributed by atoms with Crippen LogP contribution in [-0.4, -0.2) is 27.2 Å². The molecule has 33 heavy (non-hydrogen) atoms. The van der Waals surface area contributed by atoms with Crippen LogP contribution in [0.5, 0.6) is 17.2 Å². The Hall–Kier alpha value is -2.99. The lowest BCUT2D eigenvalue weighted by molar-refractivity contribution is -0.686. The SMILES string of the molecule is COc1cc2c(cc1OC)-c1cc3ccc(OC)c(NC(=O)C4CCCC4)c3c[n+]1CC2.[Cl-]. The van der Waals surface area contributed by atoms with Gasteiger partial charge in [0.25, 0.3) is 0 Å². The second-order valence-corrected chi connectivity index (χ2v) is 8.58. The van der Waals surface area contributed by atoms with Crippen molar-refractivity contribution in [1.82, 2.24) is 0 Å². The maximum absolute atomic E-state index is 12.9. The van der Waals surface area contributed by atoms with Crippen LogP contribution >= 0.6 is 0 Å². The number of halogens is 1. The van der Waals surface area contributed by atoms with Crippen molar-refractivity contribution in [2.45, 2.75) is 38.6 Å². The number of aryl methyl sites for hydroxylation is 2. The number of hydrogen-bond donors (Lipinski definition) is 1. The van der Waals surface area contributed by atoms with Gasteiger partial charge in [0.2, 0.25) is 11.6 Å². The number of carbonyl (C=O) groups excluding carboxylic acids is 1. The van der Waals surface area contributed by atoms with Crippen LogP contribution in [-0.2, 0) is 17.8 Å². The van der Waals surface area contributed by atoms with Gasteiger partial charge in [-0.2, -0.15) is 4.57 Å². The highest BCUT2D eigenvalue weighted by Gasteiger charge is 2.28. The van der Waals surface area contributed by atoms with Gasteiger partial charge in [-0.3, -0.25) is 4.79 Å². The number of amides is 1. The molecule has 0 unspecified atom stereocenters. The van der Waals surface area contributed by atoms with E-state index in [1.54, 1.807) is 21.3 Å². The van der Waals surface area contributed by atoms with Crippen LogP contribution in [0.4, 0.5) is 5.69 Å². The Bertz CT molecular complexity index is 1200. The summed E-state index contributed by atoms with van der Waals surface area (Å²) in [6.07, 6.45) is 7.21. The number of methoxy groups -OCH3 is 3. The fraction of sp³-hybridized carbons (Fsp3) is 0.385. The molecule has 2 aliphatic rings. The molecule has 1 aliphatic carbocycles. The Kier molecular flexibility index (Phi) is 6.66. The standard InChI is InChI=1S/C26H28N2O4.ClH/c1-30-22-9-8-17-12-21-19-14-24(32-3)23(31-2)13-18(19)10-11-28(21)15-20(17)25(22)27-26(29)16-6-4-5-7-16;/h8-9,12-16H,4-7,10-11H2,1-3H3;1H. The largest absolute Gasteiger partial charge is 1.00 e. The maximum Gasteiger partial charge on any atom is 0.227 e.